The van der Waals surface area contributed by atoms with Crippen molar-refractivity contribution in [2.45, 2.75) is 11.8 Å². The highest BCUT2D eigenvalue weighted by atomic mass is 35.5. The predicted octanol–water partition coefficient (Wildman–Crippen LogP) is 3.30. The van der Waals surface area contributed by atoms with Gasteiger partial charge in [0.1, 0.15) is 0 Å². The van der Waals surface area contributed by atoms with Crippen molar-refractivity contribution in [3.8, 4) is 0 Å². The first kappa shape index (κ1) is 11.1. The second kappa shape index (κ2) is 3.58. The minimum Gasteiger partial charge on any atom is -0.330 e. The second-order valence-corrected chi connectivity index (χ2v) is 4.57. The molecule has 1 aliphatic carbocycles. The zero-order chi connectivity index (χ0) is 11.2. The Balaban J connectivity index is 2.32. The van der Waals surface area contributed by atoms with E-state index in [4.69, 9.17) is 28.9 Å². The maximum absolute atomic E-state index is 13.2. The third kappa shape index (κ3) is 1.84. The number of hydrogen-bond acceptors (Lipinski definition) is 1. The van der Waals surface area contributed by atoms with Gasteiger partial charge in [-0.05, 0) is 23.8 Å². The molecule has 0 amide bonds. The Bertz CT molecular complexity index is 375. The van der Waals surface area contributed by atoms with Gasteiger partial charge in [-0.25, -0.2) is 8.78 Å². The Labute approximate surface area is 96.2 Å². The fourth-order valence-electron chi connectivity index (χ4n) is 1.89. The summed E-state index contributed by atoms with van der Waals surface area (Å²) < 4.78 is 26.5. The molecule has 5 heteroatoms. The van der Waals surface area contributed by atoms with E-state index in [1.54, 1.807) is 0 Å². The fourth-order valence-corrected chi connectivity index (χ4v) is 2.44. The minimum absolute atomic E-state index is 0.0260. The molecular weight excluding hydrogens is 243 g/mol. The molecule has 0 aromatic heterocycles. The Morgan fingerprint density at radius 1 is 1.20 bits per heavy atom. The topological polar surface area (TPSA) is 26.0 Å². The van der Waals surface area contributed by atoms with Gasteiger partial charge in [0, 0.05) is 22.5 Å². The largest absolute Gasteiger partial charge is 0.330 e. The number of benzene rings is 1. The summed E-state index contributed by atoms with van der Waals surface area (Å²) >= 11 is 11.5. The average Bonchev–Trinajstić information content (AvgIpc) is 2.66. The molecule has 82 valence electrons. The summed E-state index contributed by atoms with van der Waals surface area (Å²) in [7, 11) is 0. The molecule has 1 saturated carbocycles. The van der Waals surface area contributed by atoms with Crippen LogP contribution in [0, 0.1) is 5.92 Å². The summed E-state index contributed by atoms with van der Waals surface area (Å²) in [6.07, 6.45) is 0. The Hall–Kier alpha value is -0.380. The van der Waals surface area contributed by atoms with Gasteiger partial charge < -0.3 is 5.73 Å². The van der Waals surface area contributed by atoms with Gasteiger partial charge in [-0.2, -0.15) is 0 Å². The smallest absolute Gasteiger partial charge is 0.260 e. The molecule has 1 nitrogen and oxygen atoms in total. The van der Waals surface area contributed by atoms with Gasteiger partial charge in [0.25, 0.3) is 5.92 Å². The highest BCUT2D eigenvalue weighted by molar-refractivity contribution is 6.34. The molecule has 2 N–H and O–H groups in total. The van der Waals surface area contributed by atoms with Crippen molar-refractivity contribution in [2.75, 3.05) is 6.54 Å². The van der Waals surface area contributed by atoms with Crippen LogP contribution in [0.2, 0.25) is 10.0 Å². The number of nitrogens with two attached hydrogens (primary N) is 1. The first-order valence-corrected chi connectivity index (χ1v) is 5.26. The quantitative estimate of drug-likeness (QED) is 0.858. The maximum Gasteiger partial charge on any atom is 0.260 e. The molecule has 0 bridgehead atoms. The highest BCUT2D eigenvalue weighted by Gasteiger charge is 2.67. The van der Waals surface area contributed by atoms with Crippen LogP contribution in [0.4, 0.5) is 8.78 Å². The van der Waals surface area contributed by atoms with Crippen LogP contribution in [0.15, 0.2) is 18.2 Å². The van der Waals surface area contributed by atoms with Crippen molar-refractivity contribution in [3.63, 3.8) is 0 Å². The average molecular weight is 252 g/mol. The van der Waals surface area contributed by atoms with Gasteiger partial charge >= 0.3 is 0 Å². The molecule has 15 heavy (non-hydrogen) atoms. The maximum atomic E-state index is 13.2. The van der Waals surface area contributed by atoms with Crippen molar-refractivity contribution in [3.05, 3.63) is 33.8 Å². The van der Waals surface area contributed by atoms with E-state index in [2.05, 4.69) is 0 Å². The number of halogens is 4. The van der Waals surface area contributed by atoms with Crippen molar-refractivity contribution in [1.29, 1.82) is 0 Å². The van der Waals surface area contributed by atoms with Crippen molar-refractivity contribution in [2.24, 2.45) is 11.7 Å². The van der Waals surface area contributed by atoms with Gasteiger partial charge in [0.05, 0.1) is 5.92 Å². The molecule has 0 unspecified atom stereocenters. The fraction of sp³-hybridized carbons (Fsp3) is 0.400. The highest BCUT2D eigenvalue weighted by Crippen LogP contribution is 2.61. The molecule has 1 aromatic rings. The molecule has 0 aliphatic heterocycles. The zero-order valence-corrected chi connectivity index (χ0v) is 9.19. The molecular formula is C10H9Cl2F2N. The van der Waals surface area contributed by atoms with E-state index >= 15 is 0 Å². The van der Waals surface area contributed by atoms with E-state index in [1.165, 1.54) is 18.2 Å². The van der Waals surface area contributed by atoms with E-state index < -0.39 is 17.8 Å². The monoisotopic (exact) mass is 251 g/mol. The number of hydrogen-bond donors (Lipinski definition) is 1. The number of rotatable bonds is 2. The molecule has 2 rings (SSSR count). The van der Waals surface area contributed by atoms with E-state index in [0.717, 1.165) is 0 Å². The summed E-state index contributed by atoms with van der Waals surface area (Å²) in [4.78, 5) is 0. The molecule has 0 saturated heterocycles. The van der Waals surface area contributed by atoms with Crippen molar-refractivity contribution >= 4 is 23.2 Å². The Morgan fingerprint density at radius 2 is 1.73 bits per heavy atom. The standard InChI is InChI=1S/C10H9Cl2F2N/c11-6-1-5(2-7(12)3-6)9-8(4-15)10(9,13)14/h1-3,8-9H,4,15H2/t8-,9-/m1/s1. The van der Waals surface area contributed by atoms with Gasteiger partial charge in [0.2, 0.25) is 0 Å². The molecule has 1 aromatic carbocycles. The molecule has 0 heterocycles. The van der Waals surface area contributed by atoms with Crippen LogP contribution in [0.5, 0.6) is 0 Å². The minimum atomic E-state index is -2.72. The predicted molar refractivity (Wildman–Crippen MR) is 56.7 cm³/mol. The molecule has 0 radical (unpaired) electrons. The lowest BCUT2D eigenvalue weighted by atomic mass is 10.1. The van der Waals surface area contributed by atoms with Crippen molar-refractivity contribution < 1.29 is 8.78 Å². The molecule has 1 aliphatic rings. The van der Waals surface area contributed by atoms with Crippen LogP contribution in [-0.4, -0.2) is 12.5 Å². The normalized spacial score (nSPS) is 27.8. The van der Waals surface area contributed by atoms with E-state index in [0.29, 0.717) is 15.6 Å². The third-order valence-electron chi connectivity index (χ3n) is 2.70. The van der Waals surface area contributed by atoms with Gasteiger partial charge in [-0.3, -0.25) is 0 Å². The summed E-state index contributed by atoms with van der Waals surface area (Å²) in [6, 6.07) is 4.55. The second-order valence-electron chi connectivity index (χ2n) is 3.70. The van der Waals surface area contributed by atoms with Crippen LogP contribution in [-0.2, 0) is 0 Å². The summed E-state index contributed by atoms with van der Waals surface area (Å²) in [5.41, 5.74) is 5.73. The lowest BCUT2D eigenvalue weighted by molar-refractivity contribution is 0.0947. The number of alkyl halides is 2. The van der Waals surface area contributed by atoms with Gasteiger partial charge in [0.15, 0.2) is 0 Å². The van der Waals surface area contributed by atoms with Crippen LogP contribution >= 0.6 is 23.2 Å². The van der Waals surface area contributed by atoms with E-state index in [1.807, 2.05) is 0 Å². The SMILES string of the molecule is NC[C@@H]1[C@@H](c2cc(Cl)cc(Cl)c2)C1(F)F. The molecule has 0 spiro atoms. The third-order valence-corrected chi connectivity index (χ3v) is 3.14. The first-order valence-electron chi connectivity index (χ1n) is 4.50. The lowest BCUT2D eigenvalue weighted by Crippen LogP contribution is -2.06. The first-order chi connectivity index (χ1) is 6.96. The van der Waals surface area contributed by atoms with E-state index in [-0.39, 0.29) is 6.54 Å². The molecule has 1 fully saturated rings. The summed E-state index contributed by atoms with van der Waals surface area (Å²) in [6.45, 7) is -0.0260. The lowest BCUT2D eigenvalue weighted by Gasteiger charge is -2.01. The van der Waals surface area contributed by atoms with Crippen molar-refractivity contribution in [1.82, 2.24) is 0 Å². The summed E-state index contributed by atoms with van der Waals surface area (Å²) in [5.74, 6) is -4.34. The van der Waals surface area contributed by atoms with Crippen LogP contribution in [0.25, 0.3) is 0 Å². The van der Waals surface area contributed by atoms with Crippen LogP contribution < -0.4 is 5.73 Å². The Kier molecular flexibility index (Phi) is 2.65. The zero-order valence-electron chi connectivity index (χ0n) is 7.68. The van der Waals surface area contributed by atoms with Gasteiger partial charge in [-0.15, -0.1) is 0 Å². The summed E-state index contributed by atoms with van der Waals surface area (Å²) in [5, 5.41) is 0.743. The van der Waals surface area contributed by atoms with E-state index in [9.17, 15) is 8.78 Å². The molecule has 2 atom stereocenters. The van der Waals surface area contributed by atoms with Crippen LogP contribution in [0.1, 0.15) is 11.5 Å². The van der Waals surface area contributed by atoms with Crippen LogP contribution in [0.3, 0.4) is 0 Å². The Morgan fingerprint density at radius 3 is 2.13 bits per heavy atom. The van der Waals surface area contributed by atoms with Gasteiger partial charge in [-0.1, -0.05) is 23.2 Å².